The molecule has 0 amide bonds. The lowest BCUT2D eigenvalue weighted by molar-refractivity contribution is 0.278. The highest BCUT2D eigenvalue weighted by atomic mass is 32.2. The van der Waals surface area contributed by atoms with E-state index in [0.717, 1.165) is 13.1 Å². The van der Waals surface area contributed by atoms with Crippen molar-refractivity contribution in [3.05, 3.63) is 0 Å². The van der Waals surface area contributed by atoms with Gasteiger partial charge in [-0.2, -0.15) is 11.8 Å². The van der Waals surface area contributed by atoms with Crippen molar-refractivity contribution in [3.8, 4) is 0 Å². The van der Waals surface area contributed by atoms with E-state index in [2.05, 4.69) is 18.7 Å². The van der Waals surface area contributed by atoms with E-state index in [4.69, 9.17) is 5.73 Å². The van der Waals surface area contributed by atoms with Gasteiger partial charge in [0.2, 0.25) is 0 Å². The smallest absolute Gasteiger partial charge is 0.0105 e. The molecule has 14 heavy (non-hydrogen) atoms. The van der Waals surface area contributed by atoms with Crippen LogP contribution in [0, 0.1) is 0 Å². The van der Waals surface area contributed by atoms with Crippen molar-refractivity contribution in [2.75, 3.05) is 37.7 Å². The Morgan fingerprint density at radius 3 is 2.36 bits per heavy atom. The van der Waals surface area contributed by atoms with Crippen molar-refractivity contribution < 1.29 is 0 Å². The Morgan fingerprint density at radius 2 is 1.79 bits per heavy atom. The summed E-state index contributed by atoms with van der Waals surface area (Å²) in [6.07, 6.45) is 3.90. The van der Waals surface area contributed by atoms with Crippen molar-refractivity contribution in [1.82, 2.24) is 4.90 Å². The average Bonchev–Trinajstić information content (AvgIpc) is 2.20. The van der Waals surface area contributed by atoms with Crippen molar-refractivity contribution in [3.63, 3.8) is 0 Å². The third kappa shape index (κ3) is 8.85. The Bertz CT molecular complexity index is 109. The molecule has 0 spiro atoms. The number of hydrogen-bond donors (Lipinski definition) is 1. The average molecular weight is 218 g/mol. The first-order chi connectivity index (χ1) is 6.85. The van der Waals surface area contributed by atoms with Crippen LogP contribution in [0.15, 0.2) is 0 Å². The zero-order valence-electron chi connectivity index (χ0n) is 9.80. The number of rotatable bonds is 10. The van der Waals surface area contributed by atoms with Crippen molar-refractivity contribution in [2.45, 2.75) is 33.1 Å². The first-order valence-corrected chi connectivity index (χ1v) is 7.00. The van der Waals surface area contributed by atoms with Crippen LogP contribution >= 0.6 is 11.8 Å². The molecule has 0 saturated carbocycles. The second-order valence-electron chi connectivity index (χ2n) is 3.53. The predicted molar refractivity (Wildman–Crippen MR) is 68.0 cm³/mol. The molecule has 0 radical (unpaired) electrons. The molecule has 0 aromatic rings. The summed E-state index contributed by atoms with van der Waals surface area (Å²) in [7, 11) is 0. The molecule has 0 aliphatic heterocycles. The zero-order chi connectivity index (χ0) is 10.6. The van der Waals surface area contributed by atoms with Gasteiger partial charge in [0, 0.05) is 13.1 Å². The highest BCUT2D eigenvalue weighted by Crippen LogP contribution is 2.03. The van der Waals surface area contributed by atoms with E-state index in [1.165, 1.54) is 43.9 Å². The first-order valence-electron chi connectivity index (χ1n) is 5.85. The minimum atomic E-state index is 0.796. The van der Waals surface area contributed by atoms with Crippen LogP contribution in [0.4, 0.5) is 0 Å². The normalized spacial score (nSPS) is 11.1. The topological polar surface area (TPSA) is 29.3 Å². The maximum atomic E-state index is 5.58. The molecule has 2 nitrogen and oxygen atoms in total. The number of unbranched alkanes of at least 4 members (excludes halogenated alkanes) is 1. The molecule has 0 unspecified atom stereocenters. The zero-order valence-corrected chi connectivity index (χ0v) is 10.6. The largest absolute Gasteiger partial charge is 0.329 e. The first kappa shape index (κ1) is 14.3. The van der Waals surface area contributed by atoms with E-state index < -0.39 is 0 Å². The van der Waals surface area contributed by atoms with Gasteiger partial charge in [-0.25, -0.2) is 0 Å². The fourth-order valence-corrected chi connectivity index (χ4v) is 2.06. The molecule has 3 heteroatoms. The maximum absolute atomic E-state index is 5.58. The summed E-state index contributed by atoms with van der Waals surface area (Å²) in [5.74, 6) is 2.54. The molecule has 0 bridgehead atoms. The number of hydrogen-bond acceptors (Lipinski definition) is 3. The van der Waals surface area contributed by atoms with Gasteiger partial charge in [-0.05, 0) is 37.4 Å². The third-order valence-electron chi connectivity index (χ3n) is 2.24. The molecule has 0 heterocycles. The lowest BCUT2D eigenvalue weighted by Gasteiger charge is -2.20. The van der Waals surface area contributed by atoms with Crippen LogP contribution in [-0.4, -0.2) is 42.6 Å². The Morgan fingerprint density at radius 1 is 1.07 bits per heavy atom. The van der Waals surface area contributed by atoms with Gasteiger partial charge < -0.3 is 10.6 Å². The van der Waals surface area contributed by atoms with Crippen LogP contribution in [0.5, 0.6) is 0 Å². The number of nitrogens with two attached hydrogens (primary N) is 1. The molecule has 0 fully saturated rings. The third-order valence-corrected chi connectivity index (χ3v) is 3.23. The molecule has 2 N–H and O–H groups in total. The molecule has 0 saturated heterocycles. The number of nitrogens with zero attached hydrogens (tertiary/aromatic N) is 1. The highest BCUT2D eigenvalue weighted by molar-refractivity contribution is 7.99. The quantitative estimate of drug-likeness (QED) is 0.570. The predicted octanol–water partition coefficient (Wildman–Crippen LogP) is 2.19. The summed E-state index contributed by atoms with van der Waals surface area (Å²) in [6.45, 7) is 8.78. The van der Waals surface area contributed by atoms with Crippen LogP contribution in [0.1, 0.15) is 33.1 Å². The van der Waals surface area contributed by atoms with Crippen LogP contribution in [0.3, 0.4) is 0 Å². The Balaban J connectivity index is 3.40. The van der Waals surface area contributed by atoms with Crippen molar-refractivity contribution >= 4 is 11.8 Å². The van der Waals surface area contributed by atoms with Gasteiger partial charge in [0.1, 0.15) is 0 Å². The summed E-state index contributed by atoms with van der Waals surface area (Å²) < 4.78 is 0. The van der Waals surface area contributed by atoms with E-state index in [9.17, 15) is 0 Å². The van der Waals surface area contributed by atoms with Gasteiger partial charge in [0.05, 0.1) is 0 Å². The molecule has 86 valence electrons. The minimum Gasteiger partial charge on any atom is -0.329 e. The van der Waals surface area contributed by atoms with Gasteiger partial charge in [-0.3, -0.25) is 0 Å². The fourth-order valence-electron chi connectivity index (χ4n) is 1.43. The summed E-state index contributed by atoms with van der Waals surface area (Å²) in [4.78, 5) is 2.50. The van der Waals surface area contributed by atoms with E-state index in [1.807, 2.05) is 11.8 Å². The van der Waals surface area contributed by atoms with Crippen LogP contribution in [0.2, 0.25) is 0 Å². The maximum Gasteiger partial charge on any atom is 0.0105 e. The van der Waals surface area contributed by atoms with E-state index in [0.29, 0.717) is 0 Å². The van der Waals surface area contributed by atoms with Gasteiger partial charge in [0.25, 0.3) is 0 Å². The second kappa shape index (κ2) is 11.3. The SMILES string of the molecule is CCCCN(CCN)CCCSCC. The van der Waals surface area contributed by atoms with E-state index in [-0.39, 0.29) is 0 Å². The summed E-state index contributed by atoms with van der Waals surface area (Å²) in [6, 6.07) is 0. The monoisotopic (exact) mass is 218 g/mol. The van der Waals surface area contributed by atoms with Crippen LogP contribution in [-0.2, 0) is 0 Å². The van der Waals surface area contributed by atoms with Crippen molar-refractivity contribution in [2.24, 2.45) is 5.73 Å². The molecular weight excluding hydrogens is 192 g/mol. The lowest BCUT2D eigenvalue weighted by atomic mass is 10.3. The molecule has 0 aromatic heterocycles. The Labute approximate surface area is 93.6 Å². The van der Waals surface area contributed by atoms with E-state index >= 15 is 0 Å². The number of thioether (sulfide) groups is 1. The highest BCUT2D eigenvalue weighted by Gasteiger charge is 2.01. The molecule has 0 aliphatic rings. The minimum absolute atomic E-state index is 0.796. The van der Waals surface area contributed by atoms with Gasteiger partial charge in [-0.15, -0.1) is 0 Å². The second-order valence-corrected chi connectivity index (χ2v) is 4.93. The fraction of sp³-hybridized carbons (Fsp3) is 1.00. The molecule has 0 aliphatic carbocycles. The van der Waals surface area contributed by atoms with E-state index in [1.54, 1.807) is 0 Å². The van der Waals surface area contributed by atoms with Crippen LogP contribution < -0.4 is 5.73 Å². The lowest BCUT2D eigenvalue weighted by Crippen LogP contribution is -2.31. The summed E-state index contributed by atoms with van der Waals surface area (Å²) >= 11 is 2.03. The van der Waals surface area contributed by atoms with Gasteiger partial charge in [-0.1, -0.05) is 20.3 Å². The molecule has 0 rings (SSSR count). The summed E-state index contributed by atoms with van der Waals surface area (Å²) in [5.41, 5.74) is 5.58. The Hall–Kier alpha value is 0.270. The summed E-state index contributed by atoms with van der Waals surface area (Å²) in [5, 5.41) is 0. The Kier molecular flexibility index (Phi) is 11.6. The molecular formula is C11H26N2S. The standard InChI is InChI=1S/C11H26N2S/c1-3-5-8-13(10-7-12)9-6-11-14-4-2/h3-12H2,1-2H3. The molecule has 0 aromatic carbocycles. The van der Waals surface area contributed by atoms with Crippen molar-refractivity contribution in [1.29, 1.82) is 0 Å². The van der Waals surface area contributed by atoms with Crippen LogP contribution in [0.25, 0.3) is 0 Å². The van der Waals surface area contributed by atoms with Gasteiger partial charge >= 0.3 is 0 Å². The van der Waals surface area contributed by atoms with Gasteiger partial charge in [0.15, 0.2) is 0 Å². The molecule has 0 atom stereocenters.